The standard InChI is InChI=1S/C14H13N3O2S/c1-7-11(19)4-5-15-12(7)13(20)14-16-9-3-2-8(18)6-10(9)17-14/h2-6,13,18,20H,1H3,(H,15,19)(H,16,17). The lowest BCUT2D eigenvalue weighted by Gasteiger charge is -2.10. The van der Waals surface area contributed by atoms with Crippen molar-refractivity contribution in [2.75, 3.05) is 0 Å². The van der Waals surface area contributed by atoms with Crippen molar-refractivity contribution in [3.05, 3.63) is 57.8 Å². The normalized spacial score (nSPS) is 12.7. The van der Waals surface area contributed by atoms with Crippen LogP contribution in [0.5, 0.6) is 5.75 Å². The van der Waals surface area contributed by atoms with E-state index >= 15 is 0 Å². The average molecular weight is 287 g/mol. The SMILES string of the molecule is Cc1c(C(S)c2nc3ccc(O)cc3[nH]2)[nH]ccc1=O. The fourth-order valence-electron chi connectivity index (χ4n) is 2.14. The molecule has 2 aromatic heterocycles. The van der Waals surface area contributed by atoms with Crippen LogP contribution in [0, 0.1) is 6.92 Å². The zero-order valence-corrected chi connectivity index (χ0v) is 11.6. The van der Waals surface area contributed by atoms with Crippen molar-refractivity contribution in [1.82, 2.24) is 15.0 Å². The Kier molecular flexibility index (Phi) is 3.02. The number of nitrogens with zero attached hydrogens (tertiary/aromatic N) is 1. The van der Waals surface area contributed by atoms with Crippen molar-refractivity contribution in [3.8, 4) is 5.75 Å². The molecule has 1 aromatic carbocycles. The van der Waals surface area contributed by atoms with Crippen LogP contribution in [0.1, 0.15) is 22.3 Å². The number of aromatic amines is 2. The third-order valence-corrected chi connectivity index (χ3v) is 3.77. The van der Waals surface area contributed by atoms with Crippen LogP contribution in [0.3, 0.4) is 0 Å². The van der Waals surface area contributed by atoms with E-state index in [0.29, 0.717) is 17.1 Å². The summed E-state index contributed by atoms with van der Waals surface area (Å²) in [4.78, 5) is 22.3. The van der Waals surface area contributed by atoms with Gasteiger partial charge in [0.15, 0.2) is 5.43 Å². The number of benzene rings is 1. The van der Waals surface area contributed by atoms with E-state index < -0.39 is 0 Å². The highest BCUT2D eigenvalue weighted by atomic mass is 32.1. The number of pyridine rings is 1. The molecule has 0 aliphatic heterocycles. The molecule has 102 valence electrons. The number of phenols is 1. The van der Waals surface area contributed by atoms with Crippen LogP contribution >= 0.6 is 12.6 Å². The first kappa shape index (κ1) is 12.8. The van der Waals surface area contributed by atoms with Gasteiger partial charge in [0.2, 0.25) is 0 Å². The summed E-state index contributed by atoms with van der Waals surface area (Å²) >= 11 is 4.54. The van der Waals surface area contributed by atoms with Gasteiger partial charge in [-0.2, -0.15) is 12.6 Å². The first-order valence-electron chi connectivity index (χ1n) is 6.11. The van der Waals surface area contributed by atoms with E-state index in [9.17, 15) is 9.90 Å². The number of fused-ring (bicyclic) bond motifs is 1. The molecule has 0 aliphatic rings. The Balaban J connectivity index is 2.10. The van der Waals surface area contributed by atoms with Gasteiger partial charge in [0.25, 0.3) is 0 Å². The third-order valence-electron chi connectivity index (χ3n) is 3.26. The van der Waals surface area contributed by atoms with Gasteiger partial charge in [-0.1, -0.05) is 0 Å². The minimum atomic E-state index is -0.363. The number of hydrogen-bond donors (Lipinski definition) is 4. The number of hydrogen-bond acceptors (Lipinski definition) is 4. The number of nitrogens with one attached hydrogen (secondary N) is 2. The predicted octanol–water partition coefficient (Wildman–Crippen LogP) is 2.28. The Morgan fingerprint density at radius 2 is 2.15 bits per heavy atom. The summed E-state index contributed by atoms with van der Waals surface area (Å²) in [5.74, 6) is 0.798. The molecule has 0 saturated carbocycles. The highest BCUT2D eigenvalue weighted by Gasteiger charge is 2.17. The van der Waals surface area contributed by atoms with Gasteiger partial charge in [0.1, 0.15) is 16.8 Å². The first-order chi connectivity index (χ1) is 9.56. The summed E-state index contributed by atoms with van der Waals surface area (Å²) in [7, 11) is 0. The molecule has 0 fully saturated rings. The minimum Gasteiger partial charge on any atom is -0.508 e. The molecule has 5 nitrogen and oxygen atoms in total. The maximum atomic E-state index is 11.7. The molecule has 20 heavy (non-hydrogen) atoms. The van der Waals surface area contributed by atoms with E-state index in [0.717, 1.165) is 11.0 Å². The summed E-state index contributed by atoms with van der Waals surface area (Å²) in [6.45, 7) is 1.76. The van der Waals surface area contributed by atoms with Crippen LogP contribution in [-0.2, 0) is 0 Å². The third kappa shape index (κ3) is 2.08. The van der Waals surface area contributed by atoms with Crippen molar-refractivity contribution in [2.24, 2.45) is 0 Å². The fourth-order valence-corrected chi connectivity index (χ4v) is 2.53. The van der Waals surface area contributed by atoms with Crippen molar-refractivity contribution < 1.29 is 5.11 Å². The molecular formula is C14H13N3O2S. The van der Waals surface area contributed by atoms with Gasteiger partial charge in [-0.3, -0.25) is 4.79 Å². The molecule has 3 N–H and O–H groups in total. The van der Waals surface area contributed by atoms with Crippen LogP contribution in [0.4, 0.5) is 0 Å². The Morgan fingerprint density at radius 3 is 2.95 bits per heavy atom. The maximum Gasteiger partial charge on any atom is 0.184 e. The number of aromatic hydroxyl groups is 1. The van der Waals surface area contributed by atoms with E-state index in [1.165, 1.54) is 6.07 Å². The Hall–Kier alpha value is -2.21. The summed E-state index contributed by atoms with van der Waals surface area (Å²) in [6, 6.07) is 6.39. The van der Waals surface area contributed by atoms with Gasteiger partial charge in [0, 0.05) is 29.6 Å². The largest absolute Gasteiger partial charge is 0.508 e. The molecule has 0 spiro atoms. The maximum absolute atomic E-state index is 11.7. The molecule has 0 amide bonds. The second-order valence-corrected chi connectivity index (χ2v) is 5.12. The van der Waals surface area contributed by atoms with E-state index in [-0.39, 0.29) is 16.4 Å². The molecule has 2 heterocycles. The monoisotopic (exact) mass is 287 g/mol. The Morgan fingerprint density at radius 1 is 1.35 bits per heavy atom. The second-order valence-electron chi connectivity index (χ2n) is 4.61. The lowest BCUT2D eigenvalue weighted by molar-refractivity contribution is 0.476. The molecule has 3 aromatic rings. The van der Waals surface area contributed by atoms with Crippen LogP contribution in [0.15, 0.2) is 35.3 Å². The quantitative estimate of drug-likeness (QED) is 0.546. The van der Waals surface area contributed by atoms with E-state index in [4.69, 9.17) is 0 Å². The van der Waals surface area contributed by atoms with E-state index in [1.54, 1.807) is 31.3 Å². The Labute approximate surface area is 120 Å². The van der Waals surface area contributed by atoms with E-state index in [1.807, 2.05) is 0 Å². The van der Waals surface area contributed by atoms with Gasteiger partial charge in [0.05, 0.1) is 11.0 Å². The number of thiol groups is 1. The minimum absolute atomic E-state index is 0.0356. The van der Waals surface area contributed by atoms with Crippen LogP contribution in [0.2, 0.25) is 0 Å². The molecular weight excluding hydrogens is 274 g/mol. The van der Waals surface area contributed by atoms with Crippen molar-refractivity contribution in [2.45, 2.75) is 12.2 Å². The predicted molar refractivity (Wildman–Crippen MR) is 80.4 cm³/mol. The van der Waals surface area contributed by atoms with Crippen molar-refractivity contribution in [3.63, 3.8) is 0 Å². The van der Waals surface area contributed by atoms with Crippen LogP contribution in [-0.4, -0.2) is 20.1 Å². The molecule has 0 radical (unpaired) electrons. The summed E-state index contributed by atoms with van der Waals surface area (Å²) in [6.07, 6.45) is 1.60. The average Bonchev–Trinajstić information content (AvgIpc) is 2.84. The molecule has 3 rings (SSSR count). The van der Waals surface area contributed by atoms with Crippen molar-refractivity contribution in [1.29, 1.82) is 0 Å². The van der Waals surface area contributed by atoms with E-state index in [2.05, 4.69) is 27.6 Å². The van der Waals surface area contributed by atoms with Crippen LogP contribution in [0.25, 0.3) is 11.0 Å². The highest BCUT2D eigenvalue weighted by molar-refractivity contribution is 7.80. The number of rotatable bonds is 2. The molecule has 0 saturated heterocycles. The second kappa shape index (κ2) is 4.72. The van der Waals surface area contributed by atoms with Crippen molar-refractivity contribution >= 4 is 23.7 Å². The molecule has 6 heteroatoms. The highest BCUT2D eigenvalue weighted by Crippen LogP contribution is 2.28. The zero-order chi connectivity index (χ0) is 14.3. The summed E-state index contributed by atoms with van der Waals surface area (Å²) < 4.78 is 0. The molecule has 0 bridgehead atoms. The summed E-state index contributed by atoms with van der Waals surface area (Å²) in [5, 5.41) is 9.10. The zero-order valence-electron chi connectivity index (χ0n) is 10.7. The Bertz CT molecular complexity index is 838. The van der Waals surface area contributed by atoms with Gasteiger partial charge in [-0.15, -0.1) is 0 Å². The lowest BCUT2D eigenvalue weighted by Crippen LogP contribution is -2.11. The van der Waals surface area contributed by atoms with Gasteiger partial charge in [-0.25, -0.2) is 4.98 Å². The molecule has 1 atom stereocenters. The fraction of sp³-hybridized carbons (Fsp3) is 0.143. The number of imidazole rings is 1. The topological polar surface area (TPSA) is 81.8 Å². The number of aromatic nitrogens is 3. The van der Waals surface area contributed by atoms with Gasteiger partial charge in [-0.05, 0) is 19.1 Å². The lowest BCUT2D eigenvalue weighted by atomic mass is 10.1. The smallest absolute Gasteiger partial charge is 0.184 e. The molecule has 0 aliphatic carbocycles. The van der Waals surface area contributed by atoms with Crippen LogP contribution < -0.4 is 5.43 Å². The number of H-pyrrole nitrogens is 2. The van der Waals surface area contributed by atoms with Gasteiger partial charge >= 0.3 is 0 Å². The van der Waals surface area contributed by atoms with Gasteiger partial charge < -0.3 is 15.1 Å². The first-order valence-corrected chi connectivity index (χ1v) is 6.63. The summed E-state index contributed by atoms with van der Waals surface area (Å²) in [5.41, 5.74) is 2.77. The molecule has 1 unspecified atom stereocenters. The number of phenolic OH excluding ortho intramolecular Hbond substituents is 1.